The molecule has 3 N–H and O–H groups in total. The molecule has 4 rings (SSSR count). The van der Waals surface area contributed by atoms with Crippen molar-refractivity contribution in [1.82, 2.24) is 4.90 Å². The third kappa shape index (κ3) is 4.49. The van der Waals surface area contributed by atoms with Gasteiger partial charge in [-0.15, -0.1) is 0 Å². The van der Waals surface area contributed by atoms with Crippen LogP contribution < -0.4 is 10.6 Å². The van der Waals surface area contributed by atoms with Crippen molar-refractivity contribution in [1.29, 1.82) is 0 Å². The molecule has 0 bridgehead atoms. The third-order valence-corrected chi connectivity index (χ3v) is 5.89. The highest BCUT2D eigenvalue weighted by atomic mass is 16.6. The fourth-order valence-corrected chi connectivity index (χ4v) is 4.00. The Kier molecular flexibility index (Phi) is 6.36. The molecule has 0 radical (unpaired) electrons. The van der Waals surface area contributed by atoms with Crippen molar-refractivity contribution in [3.8, 4) is 0 Å². The highest BCUT2D eigenvalue weighted by Crippen LogP contribution is 2.36. The van der Waals surface area contributed by atoms with Crippen LogP contribution in [0.15, 0.2) is 36.4 Å². The van der Waals surface area contributed by atoms with Crippen LogP contribution >= 0.6 is 0 Å². The third-order valence-electron chi connectivity index (χ3n) is 5.89. The summed E-state index contributed by atoms with van der Waals surface area (Å²) in [5.41, 5.74) is 2.77. The van der Waals surface area contributed by atoms with Crippen molar-refractivity contribution in [3.63, 3.8) is 0 Å². The van der Waals surface area contributed by atoms with Gasteiger partial charge in [-0.3, -0.25) is 9.59 Å². The molecule has 1 unspecified atom stereocenters. The largest absolute Gasteiger partial charge is 0.390 e. The van der Waals surface area contributed by atoms with Crippen molar-refractivity contribution < 1.29 is 19.4 Å². The van der Waals surface area contributed by atoms with E-state index in [0.717, 1.165) is 13.1 Å². The van der Waals surface area contributed by atoms with Crippen LogP contribution in [0.1, 0.15) is 45.7 Å². The van der Waals surface area contributed by atoms with E-state index in [0.29, 0.717) is 53.3 Å². The second-order valence-electron chi connectivity index (χ2n) is 7.97. The lowest BCUT2D eigenvalue weighted by atomic mass is 9.82. The second kappa shape index (κ2) is 9.18. The molecule has 31 heavy (non-hydrogen) atoms. The van der Waals surface area contributed by atoms with Crippen LogP contribution in [0.3, 0.4) is 0 Å². The number of likely N-dealkylation sites (N-methyl/N-ethyl adjacent to an activating group) is 1. The molecule has 1 fully saturated rings. The molecule has 7 heteroatoms. The van der Waals surface area contributed by atoms with E-state index in [-0.39, 0.29) is 24.2 Å². The molecular weight excluding hydrogens is 394 g/mol. The lowest BCUT2D eigenvalue weighted by Gasteiger charge is -2.25. The Labute approximate surface area is 182 Å². The number of nitrogens with one attached hydrogen (secondary N) is 2. The molecule has 164 valence electrons. The molecule has 2 aromatic rings. The highest BCUT2D eigenvalue weighted by Gasteiger charge is 2.34. The number of carbonyl (C=O) groups is 2. The molecule has 1 heterocycles. The number of aliphatic hydroxyl groups is 1. The number of aliphatic hydroxyl groups excluding tert-OH is 1. The number of nitrogens with zero attached hydrogens (tertiary/aromatic N) is 1. The van der Waals surface area contributed by atoms with Crippen molar-refractivity contribution in [2.75, 3.05) is 50.0 Å². The molecular formula is C24H29N3O4. The number of ketones is 2. The van der Waals surface area contributed by atoms with E-state index in [2.05, 4.69) is 29.4 Å². The van der Waals surface area contributed by atoms with Crippen LogP contribution in [-0.4, -0.2) is 73.1 Å². The van der Waals surface area contributed by atoms with Crippen molar-refractivity contribution in [3.05, 3.63) is 58.7 Å². The Hall–Kier alpha value is -2.74. The lowest BCUT2D eigenvalue weighted by Crippen LogP contribution is -2.36. The quantitative estimate of drug-likeness (QED) is 0.431. The van der Waals surface area contributed by atoms with Gasteiger partial charge in [-0.1, -0.05) is 38.1 Å². The lowest BCUT2D eigenvalue weighted by molar-refractivity contribution is 0.0980. The zero-order valence-corrected chi connectivity index (χ0v) is 18.0. The summed E-state index contributed by atoms with van der Waals surface area (Å²) < 4.78 is 5.26. The van der Waals surface area contributed by atoms with Crippen molar-refractivity contribution >= 4 is 22.9 Å². The first-order chi connectivity index (χ1) is 15.0. The Morgan fingerprint density at radius 3 is 2.06 bits per heavy atom. The minimum Gasteiger partial charge on any atom is -0.390 e. The summed E-state index contributed by atoms with van der Waals surface area (Å²) in [6.07, 6.45) is -0.451. The molecule has 0 amide bonds. The van der Waals surface area contributed by atoms with E-state index in [1.54, 1.807) is 30.3 Å². The minimum absolute atomic E-state index is 0.144. The van der Waals surface area contributed by atoms with Gasteiger partial charge in [-0.2, -0.15) is 0 Å². The first-order valence-electron chi connectivity index (χ1n) is 10.9. The van der Waals surface area contributed by atoms with Crippen LogP contribution in [0.25, 0.3) is 0 Å². The first kappa shape index (κ1) is 21.5. The van der Waals surface area contributed by atoms with Crippen LogP contribution in [0.4, 0.5) is 11.4 Å². The number of benzene rings is 2. The van der Waals surface area contributed by atoms with Crippen LogP contribution in [0.5, 0.6) is 0 Å². The molecule has 0 saturated carbocycles. The maximum Gasteiger partial charge on any atom is 0.196 e. The van der Waals surface area contributed by atoms with Crippen LogP contribution in [-0.2, 0) is 4.74 Å². The summed E-state index contributed by atoms with van der Waals surface area (Å²) in [5.74, 6) is -0.353. The predicted octanol–water partition coefficient (Wildman–Crippen LogP) is 2.39. The molecule has 0 aromatic heterocycles. The fourth-order valence-electron chi connectivity index (χ4n) is 4.00. The average molecular weight is 424 g/mol. The average Bonchev–Trinajstić information content (AvgIpc) is 3.62. The van der Waals surface area contributed by atoms with E-state index in [1.807, 2.05) is 6.07 Å². The number of epoxide rings is 1. The van der Waals surface area contributed by atoms with E-state index >= 15 is 0 Å². The Bertz CT molecular complexity index is 983. The number of hydrogen-bond acceptors (Lipinski definition) is 7. The number of anilines is 2. The topological polar surface area (TPSA) is 94.2 Å². The van der Waals surface area contributed by atoms with Gasteiger partial charge in [-0.25, -0.2) is 0 Å². The van der Waals surface area contributed by atoms with E-state index in [9.17, 15) is 14.7 Å². The van der Waals surface area contributed by atoms with Gasteiger partial charge in [-0.05, 0) is 25.2 Å². The van der Waals surface area contributed by atoms with Crippen LogP contribution in [0, 0.1) is 0 Å². The number of rotatable bonds is 10. The second-order valence-corrected chi connectivity index (χ2v) is 7.97. The first-order valence-corrected chi connectivity index (χ1v) is 10.9. The summed E-state index contributed by atoms with van der Waals surface area (Å²) in [7, 11) is 0. The van der Waals surface area contributed by atoms with E-state index in [1.165, 1.54) is 0 Å². The zero-order valence-electron chi connectivity index (χ0n) is 18.0. The SMILES string of the molecule is CCN(CC)C[C@@H](O)CNc1ccc(NCC2CO2)c2c1C(=O)c1ccccc1C2=O. The molecule has 2 aromatic carbocycles. The van der Waals surface area contributed by atoms with Crippen molar-refractivity contribution in [2.24, 2.45) is 0 Å². The molecule has 1 aliphatic heterocycles. The number of ether oxygens (including phenoxy) is 1. The van der Waals surface area contributed by atoms with Gasteiger partial charge >= 0.3 is 0 Å². The monoisotopic (exact) mass is 423 g/mol. The maximum atomic E-state index is 13.4. The van der Waals surface area contributed by atoms with Gasteiger partial charge in [0.1, 0.15) is 0 Å². The molecule has 1 aliphatic carbocycles. The van der Waals surface area contributed by atoms with Gasteiger partial charge < -0.3 is 25.4 Å². The van der Waals surface area contributed by atoms with Crippen molar-refractivity contribution in [2.45, 2.75) is 26.1 Å². The van der Waals surface area contributed by atoms with E-state index < -0.39 is 6.10 Å². The van der Waals surface area contributed by atoms with Gasteiger partial charge in [0.2, 0.25) is 0 Å². The Balaban J connectivity index is 1.64. The zero-order chi connectivity index (χ0) is 22.0. The summed E-state index contributed by atoms with van der Waals surface area (Å²) in [5, 5.41) is 16.9. The Morgan fingerprint density at radius 1 is 1.00 bits per heavy atom. The number of fused-ring (bicyclic) bond motifs is 2. The normalized spacial score (nSPS) is 17.9. The number of hydrogen-bond donors (Lipinski definition) is 3. The molecule has 7 nitrogen and oxygen atoms in total. The van der Waals surface area contributed by atoms with Crippen LogP contribution in [0.2, 0.25) is 0 Å². The number of carbonyl (C=O) groups excluding carboxylic acids is 2. The minimum atomic E-state index is -0.595. The molecule has 1 saturated heterocycles. The predicted molar refractivity (Wildman–Crippen MR) is 120 cm³/mol. The molecule has 2 atom stereocenters. The Morgan fingerprint density at radius 2 is 1.55 bits per heavy atom. The van der Waals surface area contributed by atoms with Gasteiger partial charge in [0, 0.05) is 42.1 Å². The van der Waals surface area contributed by atoms with Gasteiger partial charge in [0.25, 0.3) is 0 Å². The molecule has 2 aliphatic rings. The fraction of sp³-hybridized carbons (Fsp3) is 0.417. The summed E-state index contributed by atoms with van der Waals surface area (Å²) >= 11 is 0. The highest BCUT2D eigenvalue weighted by molar-refractivity contribution is 6.31. The van der Waals surface area contributed by atoms with E-state index in [4.69, 9.17) is 4.74 Å². The molecule has 0 spiro atoms. The standard InChI is InChI=1S/C24H29N3O4/c1-3-27(4-2)13-15(28)11-25-19-9-10-20(26-12-16-14-31-16)22-21(19)23(29)17-7-5-6-8-18(17)24(22)30/h5-10,15-16,25-26,28H,3-4,11-14H2,1-2H3/t15-,16?/m0/s1. The van der Waals surface area contributed by atoms with Gasteiger partial charge in [0.15, 0.2) is 11.6 Å². The summed E-state index contributed by atoms with van der Waals surface area (Å²) in [6.45, 7) is 7.95. The summed E-state index contributed by atoms with van der Waals surface area (Å²) in [4.78, 5) is 28.9. The smallest absolute Gasteiger partial charge is 0.196 e. The van der Waals surface area contributed by atoms with Gasteiger partial charge in [0.05, 0.1) is 29.9 Å². The maximum absolute atomic E-state index is 13.4. The summed E-state index contributed by atoms with van der Waals surface area (Å²) in [6, 6.07) is 10.5.